The van der Waals surface area contributed by atoms with Gasteiger partial charge in [0, 0.05) is 49.4 Å². The van der Waals surface area contributed by atoms with Gasteiger partial charge in [0.15, 0.2) is 0 Å². The number of likely N-dealkylation sites (tertiary alicyclic amines) is 1. The number of aromatic nitrogens is 3. The number of hydrogen-bond acceptors (Lipinski definition) is 6. The van der Waals surface area contributed by atoms with E-state index in [0.29, 0.717) is 12.3 Å². The molecule has 0 unspecified atom stereocenters. The fourth-order valence-electron chi connectivity index (χ4n) is 4.52. The molecule has 0 bridgehead atoms. The maximum Gasteiger partial charge on any atom is 0.119 e. The van der Waals surface area contributed by atoms with Crippen LogP contribution in [0.3, 0.4) is 0 Å². The van der Waals surface area contributed by atoms with E-state index in [2.05, 4.69) is 44.2 Å². The average Bonchev–Trinajstić information content (AvgIpc) is 2.85. The first kappa shape index (κ1) is 22.0. The van der Waals surface area contributed by atoms with Crippen LogP contribution in [0.25, 0.3) is 10.9 Å². The lowest BCUT2D eigenvalue weighted by Crippen LogP contribution is -2.39. The van der Waals surface area contributed by atoms with E-state index in [1.54, 1.807) is 13.3 Å². The lowest BCUT2D eigenvalue weighted by Gasteiger charge is -2.36. The van der Waals surface area contributed by atoms with Gasteiger partial charge >= 0.3 is 0 Å². The second-order valence-corrected chi connectivity index (χ2v) is 8.36. The molecular formula is C26H30N4O2. The molecule has 1 aromatic carbocycles. The number of ether oxygens (including phenoxy) is 1. The lowest BCUT2D eigenvalue weighted by molar-refractivity contribution is 0.0956. The van der Waals surface area contributed by atoms with Crippen LogP contribution in [0.1, 0.15) is 30.5 Å². The van der Waals surface area contributed by atoms with Gasteiger partial charge in [-0.15, -0.1) is 0 Å². The van der Waals surface area contributed by atoms with Crippen molar-refractivity contribution in [2.45, 2.75) is 32.1 Å². The smallest absolute Gasteiger partial charge is 0.119 e. The van der Waals surface area contributed by atoms with Crippen molar-refractivity contribution in [1.82, 2.24) is 20.1 Å². The van der Waals surface area contributed by atoms with Crippen molar-refractivity contribution < 1.29 is 9.84 Å². The minimum Gasteiger partial charge on any atom is -0.497 e. The number of aliphatic hydroxyl groups is 1. The number of rotatable bonds is 7. The minimum atomic E-state index is 0.211. The molecule has 1 N–H and O–H groups in total. The number of methoxy groups -OCH3 is 1. The number of nitrogens with zero attached hydrogens (tertiary/aromatic N) is 4. The van der Waals surface area contributed by atoms with Crippen LogP contribution in [0, 0.1) is 23.8 Å². The number of pyridine rings is 1. The van der Waals surface area contributed by atoms with Gasteiger partial charge in [0.2, 0.25) is 0 Å². The van der Waals surface area contributed by atoms with Crippen LogP contribution in [0.15, 0.2) is 48.8 Å². The van der Waals surface area contributed by atoms with Gasteiger partial charge in [-0.1, -0.05) is 5.92 Å². The first-order valence-electron chi connectivity index (χ1n) is 11.3. The number of aliphatic hydroxyl groups excluding tert-OH is 1. The van der Waals surface area contributed by atoms with Crippen LogP contribution >= 0.6 is 0 Å². The fourth-order valence-corrected chi connectivity index (χ4v) is 4.52. The van der Waals surface area contributed by atoms with Gasteiger partial charge in [0.05, 0.1) is 24.7 Å². The van der Waals surface area contributed by atoms with E-state index in [1.807, 2.05) is 30.5 Å². The van der Waals surface area contributed by atoms with Crippen molar-refractivity contribution in [1.29, 1.82) is 0 Å². The van der Waals surface area contributed by atoms with E-state index >= 15 is 0 Å². The van der Waals surface area contributed by atoms with Crippen molar-refractivity contribution in [2.24, 2.45) is 11.8 Å². The summed E-state index contributed by atoms with van der Waals surface area (Å²) in [5.74, 6) is 4.85. The molecule has 3 aromatic rings. The van der Waals surface area contributed by atoms with Gasteiger partial charge in [-0.3, -0.25) is 4.98 Å². The van der Waals surface area contributed by atoms with Crippen molar-refractivity contribution in [3.8, 4) is 17.7 Å². The van der Waals surface area contributed by atoms with Crippen molar-refractivity contribution >= 4 is 10.9 Å². The van der Waals surface area contributed by atoms with Crippen LogP contribution < -0.4 is 4.74 Å². The fraction of sp³-hybridized carbons (Fsp3) is 0.423. The molecule has 1 aliphatic heterocycles. The van der Waals surface area contributed by atoms with Crippen LogP contribution in [0.4, 0.5) is 0 Å². The molecule has 2 atom stereocenters. The SMILES string of the molecule is COc1ccc2nccc(CCC[C@@H]3CCN(C#CCc4cccnn4)C[C@@H]3CO)c2c1. The second-order valence-electron chi connectivity index (χ2n) is 8.36. The highest BCUT2D eigenvalue weighted by molar-refractivity contribution is 5.83. The highest BCUT2D eigenvalue weighted by atomic mass is 16.5. The largest absolute Gasteiger partial charge is 0.497 e. The van der Waals surface area contributed by atoms with Crippen LogP contribution in [0.5, 0.6) is 5.75 Å². The molecule has 3 heterocycles. The van der Waals surface area contributed by atoms with Crippen LogP contribution in [0.2, 0.25) is 0 Å². The second kappa shape index (κ2) is 10.9. The molecule has 6 nitrogen and oxygen atoms in total. The molecular weight excluding hydrogens is 400 g/mol. The summed E-state index contributed by atoms with van der Waals surface area (Å²) in [6, 6.07) is 15.2. The Morgan fingerprint density at radius 3 is 2.94 bits per heavy atom. The molecule has 2 aromatic heterocycles. The molecule has 166 valence electrons. The van der Waals surface area contributed by atoms with E-state index in [-0.39, 0.29) is 12.5 Å². The normalized spacial score (nSPS) is 18.2. The molecule has 0 radical (unpaired) electrons. The van der Waals surface area contributed by atoms with Gasteiger partial charge in [0.1, 0.15) is 5.75 Å². The predicted molar refractivity (Wildman–Crippen MR) is 125 cm³/mol. The monoisotopic (exact) mass is 430 g/mol. The van der Waals surface area contributed by atoms with Gasteiger partial charge in [-0.2, -0.15) is 10.2 Å². The maximum absolute atomic E-state index is 9.98. The number of benzene rings is 1. The molecule has 4 rings (SSSR count). The van der Waals surface area contributed by atoms with E-state index in [0.717, 1.165) is 55.7 Å². The summed E-state index contributed by atoms with van der Waals surface area (Å²) in [6.45, 7) is 1.98. The minimum absolute atomic E-state index is 0.211. The van der Waals surface area contributed by atoms with E-state index in [4.69, 9.17) is 4.74 Å². The Kier molecular flexibility index (Phi) is 7.52. The Labute approximate surface area is 189 Å². The Morgan fingerprint density at radius 1 is 1.19 bits per heavy atom. The maximum atomic E-state index is 9.98. The lowest BCUT2D eigenvalue weighted by atomic mass is 9.82. The van der Waals surface area contributed by atoms with E-state index in [9.17, 15) is 5.11 Å². The summed E-state index contributed by atoms with van der Waals surface area (Å²) in [5.41, 5.74) is 3.20. The van der Waals surface area contributed by atoms with Crippen molar-refractivity contribution in [3.05, 3.63) is 60.0 Å². The molecule has 6 heteroatoms. The summed E-state index contributed by atoms with van der Waals surface area (Å²) in [7, 11) is 1.69. The van der Waals surface area contributed by atoms with Gasteiger partial charge in [-0.05, 0) is 73.6 Å². The highest BCUT2D eigenvalue weighted by Gasteiger charge is 2.27. The number of fused-ring (bicyclic) bond motifs is 1. The van der Waals surface area contributed by atoms with Gasteiger partial charge < -0.3 is 14.7 Å². The third-order valence-corrected chi connectivity index (χ3v) is 6.32. The molecule has 1 aliphatic rings. The molecule has 1 fully saturated rings. The summed E-state index contributed by atoms with van der Waals surface area (Å²) in [4.78, 5) is 6.63. The van der Waals surface area contributed by atoms with Crippen molar-refractivity contribution in [2.75, 3.05) is 26.8 Å². The first-order valence-corrected chi connectivity index (χ1v) is 11.3. The first-order chi connectivity index (χ1) is 15.8. The zero-order chi connectivity index (χ0) is 22.2. The zero-order valence-electron chi connectivity index (χ0n) is 18.6. The van der Waals surface area contributed by atoms with E-state index in [1.165, 1.54) is 10.9 Å². The Balaban J connectivity index is 1.31. The van der Waals surface area contributed by atoms with Gasteiger partial charge in [-0.25, -0.2) is 0 Å². The molecule has 0 spiro atoms. The topological polar surface area (TPSA) is 71.4 Å². The van der Waals surface area contributed by atoms with Gasteiger partial charge in [0.25, 0.3) is 0 Å². The molecule has 0 saturated carbocycles. The molecule has 32 heavy (non-hydrogen) atoms. The zero-order valence-corrected chi connectivity index (χ0v) is 18.6. The third kappa shape index (κ3) is 5.54. The van der Waals surface area contributed by atoms with Crippen molar-refractivity contribution in [3.63, 3.8) is 0 Å². The Bertz CT molecular complexity index is 1080. The number of piperidine rings is 1. The predicted octanol–water partition coefficient (Wildman–Crippen LogP) is 3.49. The van der Waals surface area contributed by atoms with Crippen LogP contribution in [-0.2, 0) is 12.8 Å². The number of hydrogen-bond donors (Lipinski definition) is 1. The third-order valence-electron chi connectivity index (χ3n) is 6.32. The summed E-state index contributed by atoms with van der Waals surface area (Å²) >= 11 is 0. The summed E-state index contributed by atoms with van der Waals surface area (Å²) in [6.07, 6.45) is 8.43. The van der Waals surface area contributed by atoms with Crippen LogP contribution in [-0.4, -0.2) is 52.0 Å². The molecule has 0 aliphatic carbocycles. The molecule has 0 amide bonds. The number of aryl methyl sites for hydroxylation is 1. The summed E-state index contributed by atoms with van der Waals surface area (Å²) < 4.78 is 5.39. The standard InChI is InChI=1S/C26H30N4O2/c1-32-24-9-10-26-25(17-24)21(11-14-27-26)6-2-5-20-12-16-30(18-22(20)19-31)15-4-8-23-7-3-13-28-29-23/h3,7,9-11,13-14,17,20,22,31H,2,5-6,8,12,16,18-19H2,1H3/t20-,22-/m1/s1. The van der Waals surface area contributed by atoms with E-state index < -0.39 is 0 Å². The highest BCUT2D eigenvalue weighted by Crippen LogP contribution is 2.29. The Morgan fingerprint density at radius 2 is 2.12 bits per heavy atom. The molecule has 1 saturated heterocycles. The average molecular weight is 431 g/mol. The Hall–Kier alpha value is -3.17. The summed E-state index contributed by atoms with van der Waals surface area (Å²) in [5, 5.41) is 19.1. The quantitative estimate of drug-likeness (QED) is 0.579.